The monoisotopic (exact) mass is 355 g/mol. The van der Waals surface area contributed by atoms with Crippen molar-refractivity contribution in [2.75, 3.05) is 38.1 Å². The van der Waals surface area contributed by atoms with Crippen molar-refractivity contribution in [1.82, 2.24) is 15.4 Å². The smallest absolute Gasteiger partial charge is 0.194 e. The van der Waals surface area contributed by atoms with Crippen molar-refractivity contribution in [1.29, 1.82) is 0 Å². The summed E-state index contributed by atoms with van der Waals surface area (Å²) in [5, 5.41) is 7.50. The molecule has 0 spiro atoms. The van der Waals surface area contributed by atoms with Crippen LogP contribution >= 0.6 is 0 Å². The molecule has 6 heteroatoms. The van der Waals surface area contributed by atoms with Gasteiger partial charge in [0.25, 0.3) is 0 Å². The van der Waals surface area contributed by atoms with Crippen LogP contribution in [-0.4, -0.2) is 49.2 Å². The van der Waals surface area contributed by atoms with Gasteiger partial charge in [-0.05, 0) is 30.5 Å². The first-order valence-electron chi connectivity index (χ1n) is 9.29. The number of hydrogen-bond donors (Lipinski definition) is 1. The van der Waals surface area contributed by atoms with Crippen LogP contribution in [0.3, 0.4) is 0 Å². The number of piperazine rings is 1. The summed E-state index contributed by atoms with van der Waals surface area (Å²) in [5.74, 6) is 2.13. The SMILES string of the molecule is CN=C(NCc1cc(C(C)C)no1)N1CCN(c2cccc(C)c2)CC1. The Morgan fingerprint density at radius 1 is 1.23 bits per heavy atom. The molecule has 0 aliphatic carbocycles. The van der Waals surface area contributed by atoms with E-state index in [9.17, 15) is 0 Å². The summed E-state index contributed by atoms with van der Waals surface area (Å²) < 4.78 is 5.40. The Morgan fingerprint density at radius 3 is 2.62 bits per heavy atom. The fourth-order valence-electron chi connectivity index (χ4n) is 3.18. The van der Waals surface area contributed by atoms with E-state index < -0.39 is 0 Å². The van der Waals surface area contributed by atoms with Crippen LogP contribution in [0, 0.1) is 6.92 Å². The van der Waals surface area contributed by atoms with E-state index in [1.54, 1.807) is 0 Å². The normalized spacial score (nSPS) is 15.7. The van der Waals surface area contributed by atoms with Crippen molar-refractivity contribution in [3.05, 3.63) is 47.3 Å². The molecule has 1 aliphatic rings. The van der Waals surface area contributed by atoms with E-state index in [0.717, 1.165) is 43.6 Å². The van der Waals surface area contributed by atoms with Crippen molar-refractivity contribution in [2.45, 2.75) is 33.2 Å². The van der Waals surface area contributed by atoms with Crippen LogP contribution in [0.1, 0.15) is 36.8 Å². The molecule has 2 heterocycles. The molecular weight excluding hydrogens is 326 g/mol. The molecular formula is C20H29N5O. The van der Waals surface area contributed by atoms with E-state index in [0.29, 0.717) is 12.5 Å². The summed E-state index contributed by atoms with van der Waals surface area (Å²) in [6.07, 6.45) is 0. The topological polar surface area (TPSA) is 56.9 Å². The van der Waals surface area contributed by atoms with Gasteiger partial charge in [0, 0.05) is 45.0 Å². The summed E-state index contributed by atoms with van der Waals surface area (Å²) in [4.78, 5) is 9.16. The van der Waals surface area contributed by atoms with Gasteiger partial charge in [-0.3, -0.25) is 4.99 Å². The van der Waals surface area contributed by atoms with Crippen molar-refractivity contribution in [3.8, 4) is 0 Å². The standard InChI is InChI=1S/C20H29N5O/c1-15(2)19-13-18(26-23-19)14-22-20(21-4)25-10-8-24(9-11-25)17-7-5-6-16(3)12-17/h5-7,12-13,15H,8-11,14H2,1-4H3,(H,21,22). The highest BCUT2D eigenvalue weighted by Crippen LogP contribution is 2.18. The summed E-state index contributed by atoms with van der Waals surface area (Å²) in [7, 11) is 1.83. The average Bonchev–Trinajstić information content (AvgIpc) is 3.12. The molecule has 1 fully saturated rings. The van der Waals surface area contributed by atoms with Gasteiger partial charge in [0.15, 0.2) is 11.7 Å². The minimum Gasteiger partial charge on any atom is -0.368 e. The number of aryl methyl sites for hydroxylation is 1. The van der Waals surface area contributed by atoms with Gasteiger partial charge in [-0.15, -0.1) is 0 Å². The van der Waals surface area contributed by atoms with Crippen molar-refractivity contribution in [3.63, 3.8) is 0 Å². The second kappa shape index (κ2) is 8.25. The lowest BCUT2D eigenvalue weighted by Crippen LogP contribution is -2.52. The number of aromatic nitrogens is 1. The fourth-order valence-corrected chi connectivity index (χ4v) is 3.18. The quantitative estimate of drug-likeness (QED) is 0.675. The van der Waals surface area contributed by atoms with Crippen LogP contribution in [-0.2, 0) is 6.54 Å². The second-order valence-electron chi connectivity index (χ2n) is 7.09. The fraction of sp³-hybridized carbons (Fsp3) is 0.500. The molecule has 0 unspecified atom stereocenters. The van der Waals surface area contributed by atoms with Gasteiger partial charge in [0.1, 0.15) is 0 Å². The summed E-state index contributed by atoms with van der Waals surface area (Å²) in [6, 6.07) is 10.7. The van der Waals surface area contributed by atoms with E-state index in [-0.39, 0.29) is 0 Å². The van der Waals surface area contributed by atoms with Gasteiger partial charge in [0.2, 0.25) is 0 Å². The predicted octanol–water partition coefficient (Wildman–Crippen LogP) is 3.00. The highest BCUT2D eigenvalue weighted by molar-refractivity contribution is 5.80. The number of guanidine groups is 1. The van der Waals surface area contributed by atoms with Gasteiger partial charge in [-0.25, -0.2) is 0 Å². The molecule has 1 aromatic heterocycles. The zero-order chi connectivity index (χ0) is 18.5. The van der Waals surface area contributed by atoms with Gasteiger partial charge in [-0.2, -0.15) is 0 Å². The van der Waals surface area contributed by atoms with Gasteiger partial charge in [0.05, 0.1) is 12.2 Å². The number of anilines is 1. The predicted molar refractivity (Wildman–Crippen MR) is 106 cm³/mol. The molecule has 6 nitrogen and oxygen atoms in total. The first-order chi connectivity index (χ1) is 12.6. The lowest BCUT2D eigenvalue weighted by atomic mass is 10.1. The van der Waals surface area contributed by atoms with Gasteiger partial charge < -0.3 is 19.6 Å². The second-order valence-corrected chi connectivity index (χ2v) is 7.09. The van der Waals surface area contributed by atoms with Crippen molar-refractivity contribution in [2.24, 2.45) is 4.99 Å². The van der Waals surface area contributed by atoms with Crippen molar-refractivity contribution < 1.29 is 4.52 Å². The maximum Gasteiger partial charge on any atom is 0.194 e. The molecule has 2 aromatic rings. The van der Waals surface area contributed by atoms with Crippen LogP contribution in [0.15, 0.2) is 39.8 Å². The number of aliphatic imine (C=N–C) groups is 1. The van der Waals surface area contributed by atoms with Crippen LogP contribution in [0.2, 0.25) is 0 Å². The largest absolute Gasteiger partial charge is 0.368 e. The Bertz CT molecular complexity index is 744. The molecule has 1 aliphatic heterocycles. The van der Waals surface area contributed by atoms with E-state index in [2.05, 4.69) is 70.3 Å². The number of rotatable bonds is 4. The molecule has 1 saturated heterocycles. The highest BCUT2D eigenvalue weighted by Gasteiger charge is 2.20. The first kappa shape index (κ1) is 18.3. The third-order valence-corrected chi connectivity index (χ3v) is 4.75. The summed E-state index contributed by atoms with van der Waals surface area (Å²) >= 11 is 0. The lowest BCUT2D eigenvalue weighted by Gasteiger charge is -2.37. The Balaban J connectivity index is 1.53. The Hall–Kier alpha value is -2.50. The molecule has 26 heavy (non-hydrogen) atoms. The van der Waals surface area contributed by atoms with Crippen LogP contribution in [0.25, 0.3) is 0 Å². The lowest BCUT2D eigenvalue weighted by molar-refractivity contribution is 0.355. The molecule has 0 atom stereocenters. The van der Waals surface area contributed by atoms with Gasteiger partial charge >= 0.3 is 0 Å². The third-order valence-electron chi connectivity index (χ3n) is 4.75. The maximum atomic E-state index is 5.40. The molecule has 1 N–H and O–H groups in total. The molecule has 1 aromatic carbocycles. The molecule has 0 saturated carbocycles. The Labute approximate surface area is 155 Å². The summed E-state index contributed by atoms with van der Waals surface area (Å²) in [6.45, 7) is 10.8. The van der Waals surface area contributed by atoms with Crippen LogP contribution in [0.5, 0.6) is 0 Å². The third kappa shape index (κ3) is 4.36. The number of nitrogens with one attached hydrogen (secondary N) is 1. The van der Waals surface area contributed by atoms with E-state index in [1.165, 1.54) is 11.3 Å². The average molecular weight is 355 g/mol. The Morgan fingerprint density at radius 2 is 2.00 bits per heavy atom. The molecule has 0 radical (unpaired) electrons. The molecule has 0 amide bonds. The zero-order valence-corrected chi connectivity index (χ0v) is 16.2. The zero-order valence-electron chi connectivity index (χ0n) is 16.2. The Kier molecular flexibility index (Phi) is 5.81. The number of hydrogen-bond acceptors (Lipinski definition) is 4. The highest BCUT2D eigenvalue weighted by atomic mass is 16.5. The molecule has 0 bridgehead atoms. The van der Waals surface area contributed by atoms with E-state index >= 15 is 0 Å². The number of nitrogens with zero attached hydrogens (tertiary/aromatic N) is 4. The van der Waals surface area contributed by atoms with E-state index in [4.69, 9.17) is 4.52 Å². The van der Waals surface area contributed by atoms with Gasteiger partial charge in [-0.1, -0.05) is 31.1 Å². The minimum absolute atomic E-state index is 0.376. The molecule has 3 rings (SSSR count). The number of benzene rings is 1. The molecule has 140 valence electrons. The maximum absolute atomic E-state index is 5.40. The van der Waals surface area contributed by atoms with Crippen molar-refractivity contribution >= 4 is 11.6 Å². The minimum atomic E-state index is 0.376. The van der Waals surface area contributed by atoms with E-state index in [1.807, 2.05) is 13.1 Å². The summed E-state index contributed by atoms with van der Waals surface area (Å²) in [5.41, 5.74) is 3.59. The van der Waals surface area contributed by atoms with Crippen LogP contribution < -0.4 is 10.2 Å². The van der Waals surface area contributed by atoms with Crippen LogP contribution in [0.4, 0.5) is 5.69 Å². The first-order valence-corrected chi connectivity index (χ1v) is 9.29.